The van der Waals surface area contributed by atoms with E-state index in [1.165, 1.54) is 37.1 Å². The average Bonchev–Trinajstić information content (AvgIpc) is 3.52. The van der Waals surface area contributed by atoms with Crippen molar-refractivity contribution >= 4 is 5.78 Å². The Morgan fingerprint density at radius 3 is 2.00 bits per heavy atom. The molecule has 148 valence electrons. The molecule has 0 amide bonds. The zero-order valence-electron chi connectivity index (χ0n) is 16.1. The summed E-state index contributed by atoms with van der Waals surface area (Å²) in [4.78, 5) is 15.2. The van der Waals surface area contributed by atoms with E-state index in [4.69, 9.17) is 0 Å². The summed E-state index contributed by atoms with van der Waals surface area (Å²) >= 11 is 0. The Labute approximate surface area is 165 Å². The first-order chi connectivity index (χ1) is 13.6. The molecule has 1 saturated carbocycles. The number of halogens is 2. The van der Waals surface area contributed by atoms with Crippen molar-refractivity contribution in [3.8, 4) is 0 Å². The summed E-state index contributed by atoms with van der Waals surface area (Å²) in [5.41, 5.74) is 1.99. The molecule has 2 aliphatic rings. The number of carbonyl (C=O) groups is 1. The Bertz CT molecular complexity index is 753. The molecular formula is C24H27F2NO. The molecule has 4 heteroatoms. The zero-order chi connectivity index (χ0) is 19.5. The van der Waals surface area contributed by atoms with Gasteiger partial charge in [-0.3, -0.25) is 9.69 Å². The van der Waals surface area contributed by atoms with E-state index in [0.717, 1.165) is 36.9 Å². The first-order valence-electron chi connectivity index (χ1n) is 10.4. The predicted octanol–water partition coefficient (Wildman–Crippen LogP) is 5.32. The minimum Gasteiger partial charge on any atom is -0.298 e. The minimum atomic E-state index is -0.267. The van der Waals surface area contributed by atoms with Crippen LogP contribution in [0.5, 0.6) is 0 Å². The van der Waals surface area contributed by atoms with Crippen LogP contribution >= 0.6 is 0 Å². The molecular weight excluding hydrogens is 356 g/mol. The maximum Gasteiger partial charge on any atom is 0.150 e. The van der Waals surface area contributed by atoms with Gasteiger partial charge in [-0.1, -0.05) is 30.7 Å². The number of Topliss-reactive ketones (excluding diaryl/α,β-unsaturated/α-hetero) is 1. The lowest BCUT2D eigenvalue weighted by atomic mass is 9.88. The van der Waals surface area contributed by atoms with E-state index in [1.807, 2.05) is 0 Å². The highest BCUT2D eigenvalue weighted by atomic mass is 19.1. The molecule has 1 aliphatic carbocycles. The summed E-state index contributed by atoms with van der Waals surface area (Å²) in [5.74, 6) is 0.421. The van der Waals surface area contributed by atoms with Crippen LogP contribution in [0.25, 0.3) is 0 Å². The van der Waals surface area contributed by atoms with E-state index < -0.39 is 0 Å². The monoisotopic (exact) mass is 383 g/mol. The minimum absolute atomic E-state index is 0.0160. The van der Waals surface area contributed by atoms with Crippen LogP contribution in [0.1, 0.15) is 55.6 Å². The first-order valence-corrected chi connectivity index (χ1v) is 10.4. The van der Waals surface area contributed by atoms with Crippen LogP contribution in [-0.2, 0) is 4.79 Å². The molecule has 28 heavy (non-hydrogen) atoms. The zero-order valence-corrected chi connectivity index (χ0v) is 16.1. The van der Waals surface area contributed by atoms with E-state index >= 15 is 0 Å². The van der Waals surface area contributed by atoms with Gasteiger partial charge in [-0.25, -0.2) is 8.78 Å². The van der Waals surface area contributed by atoms with Crippen molar-refractivity contribution in [2.75, 3.05) is 13.1 Å². The second kappa shape index (κ2) is 8.52. The SMILES string of the molecule is O=C(CC1CC1)C1CCCCN1CC(c1ccc(F)cc1)c1ccc(F)cc1. The van der Waals surface area contributed by atoms with Crippen molar-refractivity contribution in [1.82, 2.24) is 4.90 Å². The summed E-state index contributed by atoms with van der Waals surface area (Å²) in [5, 5.41) is 0. The van der Waals surface area contributed by atoms with Crippen molar-refractivity contribution < 1.29 is 13.6 Å². The van der Waals surface area contributed by atoms with Crippen LogP contribution in [0.3, 0.4) is 0 Å². The molecule has 1 aliphatic heterocycles. The van der Waals surface area contributed by atoms with Crippen LogP contribution in [0.15, 0.2) is 48.5 Å². The maximum atomic E-state index is 13.5. The van der Waals surface area contributed by atoms with Gasteiger partial charge in [-0.05, 0) is 73.5 Å². The van der Waals surface area contributed by atoms with Gasteiger partial charge in [0, 0.05) is 18.9 Å². The molecule has 0 spiro atoms. The van der Waals surface area contributed by atoms with Gasteiger partial charge in [0.05, 0.1) is 6.04 Å². The van der Waals surface area contributed by atoms with Crippen molar-refractivity contribution in [2.45, 2.75) is 50.5 Å². The van der Waals surface area contributed by atoms with Crippen LogP contribution < -0.4 is 0 Å². The third-order valence-electron chi connectivity index (χ3n) is 6.13. The molecule has 2 nitrogen and oxygen atoms in total. The Hall–Kier alpha value is -2.07. The second-order valence-corrected chi connectivity index (χ2v) is 8.28. The number of hydrogen-bond acceptors (Lipinski definition) is 2. The Kier molecular flexibility index (Phi) is 5.86. The van der Waals surface area contributed by atoms with Gasteiger partial charge in [0.2, 0.25) is 0 Å². The van der Waals surface area contributed by atoms with E-state index in [-0.39, 0.29) is 23.6 Å². The van der Waals surface area contributed by atoms with Gasteiger partial charge >= 0.3 is 0 Å². The fraction of sp³-hybridized carbons (Fsp3) is 0.458. The summed E-state index contributed by atoms with van der Waals surface area (Å²) < 4.78 is 26.9. The van der Waals surface area contributed by atoms with Gasteiger partial charge in [0.1, 0.15) is 17.4 Å². The largest absolute Gasteiger partial charge is 0.298 e. The van der Waals surface area contributed by atoms with Crippen LogP contribution in [0.2, 0.25) is 0 Å². The van der Waals surface area contributed by atoms with Gasteiger partial charge in [-0.2, -0.15) is 0 Å². The predicted molar refractivity (Wildman–Crippen MR) is 106 cm³/mol. The van der Waals surface area contributed by atoms with Crippen molar-refractivity contribution in [1.29, 1.82) is 0 Å². The highest BCUT2D eigenvalue weighted by Gasteiger charge is 2.34. The fourth-order valence-electron chi connectivity index (χ4n) is 4.34. The first kappa shape index (κ1) is 19.3. The molecule has 1 atom stereocenters. The lowest BCUT2D eigenvalue weighted by molar-refractivity contribution is -0.125. The number of nitrogens with zero attached hydrogens (tertiary/aromatic N) is 1. The number of rotatable bonds is 7. The van der Waals surface area contributed by atoms with Crippen LogP contribution in [-0.4, -0.2) is 29.8 Å². The topological polar surface area (TPSA) is 20.3 Å². The van der Waals surface area contributed by atoms with E-state index in [0.29, 0.717) is 24.7 Å². The molecule has 4 rings (SSSR count). The molecule has 2 aromatic rings. The van der Waals surface area contributed by atoms with Gasteiger partial charge in [0.25, 0.3) is 0 Å². The third-order valence-corrected chi connectivity index (χ3v) is 6.13. The van der Waals surface area contributed by atoms with Gasteiger partial charge in [-0.15, -0.1) is 0 Å². The van der Waals surface area contributed by atoms with Crippen LogP contribution in [0.4, 0.5) is 8.78 Å². The lowest BCUT2D eigenvalue weighted by Gasteiger charge is -2.37. The number of piperidine rings is 1. The molecule has 0 bridgehead atoms. The van der Waals surface area contributed by atoms with Crippen molar-refractivity contribution in [3.63, 3.8) is 0 Å². The number of carbonyl (C=O) groups excluding carboxylic acids is 1. The van der Waals surface area contributed by atoms with Crippen LogP contribution in [0, 0.1) is 17.6 Å². The summed E-state index contributed by atoms with van der Waals surface area (Å²) in [6.45, 7) is 1.60. The van der Waals surface area contributed by atoms with Crippen molar-refractivity contribution in [3.05, 3.63) is 71.3 Å². The Morgan fingerprint density at radius 1 is 0.893 bits per heavy atom. The fourth-order valence-corrected chi connectivity index (χ4v) is 4.34. The highest BCUT2D eigenvalue weighted by molar-refractivity contribution is 5.84. The number of ketones is 1. The quantitative estimate of drug-likeness (QED) is 0.645. The average molecular weight is 383 g/mol. The molecule has 1 saturated heterocycles. The molecule has 0 radical (unpaired) electrons. The third kappa shape index (κ3) is 4.67. The number of benzene rings is 2. The number of hydrogen-bond donors (Lipinski definition) is 0. The molecule has 0 N–H and O–H groups in total. The van der Waals surface area contributed by atoms with E-state index in [2.05, 4.69) is 4.90 Å². The summed E-state index contributed by atoms with van der Waals surface area (Å²) in [6.07, 6.45) is 6.19. The van der Waals surface area contributed by atoms with Gasteiger partial charge in [0.15, 0.2) is 0 Å². The Morgan fingerprint density at radius 2 is 1.46 bits per heavy atom. The van der Waals surface area contributed by atoms with E-state index in [9.17, 15) is 13.6 Å². The maximum absolute atomic E-state index is 13.5. The molecule has 2 fully saturated rings. The summed E-state index contributed by atoms with van der Waals surface area (Å²) in [6, 6.07) is 13.1. The standard InChI is InChI=1S/C24H27F2NO/c25-20-10-6-18(7-11-20)22(19-8-12-21(26)13-9-19)16-27-14-2-1-3-23(27)24(28)15-17-4-5-17/h6-13,17,22-23H,1-5,14-16H2. The molecule has 1 heterocycles. The molecule has 2 aromatic carbocycles. The van der Waals surface area contributed by atoms with Gasteiger partial charge < -0.3 is 0 Å². The van der Waals surface area contributed by atoms with Crippen molar-refractivity contribution in [2.24, 2.45) is 5.92 Å². The Balaban J connectivity index is 1.58. The molecule has 1 unspecified atom stereocenters. The van der Waals surface area contributed by atoms with E-state index in [1.54, 1.807) is 24.3 Å². The number of likely N-dealkylation sites (tertiary alicyclic amines) is 1. The second-order valence-electron chi connectivity index (χ2n) is 8.28. The lowest BCUT2D eigenvalue weighted by Crippen LogP contribution is -2.46. The highest BCUT2D eigenvalue weighted by Crippen LogP contribution is 2.35. The summed E-state index contributed by atoms with van der Waals surface area (Å²) in [7, 11) is 0. The molecule has 0 aromatic heterocycles. The smallest absolute Gasteiger partial charge is 0.150 e. The normalized spacial score (nSPS) is 20.5.